The van der Waals surface area contributed by atoms with Crippen LogP contribution in [0.5, 0.6) is 0 Å². The summed E-state index contributed by atoms with van der Waals surface area (Å²) in [6.07, 6.45) is -4.52. The van der Waals surface area contributed by atoms with Crippen molar-refractivity contribution in [3.05, 3.63) is 29.8 Å². The highest BCUT2D eigenvalue weighted by Crippen LogP contribution is 2.31. The zero-order valence-corrected chi connectivity index (χ0v) is 7.91. The molecule has 0 atom stereocenters. The Morgan fingerprint density at radius 3 is 2.38 bits per heavy atom. The smallest absolute Gasteiger partial charge is 0.296 e. The van der Waals surface area contributed by atoms with E-state index >= 15 is 0 Å². The zero-order valence-electron chi connectivity index (χ0n) is 7.91. The van der Waals surface area contributed by atoms with Crippen molar-refractivity contribution in [2.75, 3.05) is 11.4 Å². The van der Waals surface area contributed by atoms with Gasteiger partial charge in [-0.2, -0.15) is 13.2 Å². The number of Topliss-reactive ketones (excluding diaryl/α,β-unsaturated/α-hetero) is 1. The Kier molecular flexibility index (Phi) is 2.22. The fraction of sp³-hybridized carbons (Fsp3) is 0.200. The molecule has 84 valence electrons. The highest BCUT2D eigenvalue weighted by Gasteiger charge is 2.41. The number of carbonyl (C=O) groups excluding carboxylic acids is 2. The number of hydrogen-bond acceptors (Lipinski definition) is 2. The molecule has 0 bridgehead atoms. The number of anilines is 1. The van der Waals surface area contributed by atoms with E-state index in [9.17, 15) is 22.8 Å². The summed E-state index contributed by atoms with van der Waals surface area (Å²) in [4.78, 5) is 23.1. The van der Waals surface area contributed by atoms with Crippen LogP contribution in [0.4, 0.5) is 18.9 Å². The van der Waals surface area contributed by atoms with Gasteiger partial charge in [-0.3, -0.25) is 14.5 Å². The maximum Gasteiger partial charge on any atom is 0.406 e. The van der Waals surface area contributed by atoms with Crippen LogP contribution in [0.25, 0.3) is 0 Å². The Balaban J connectivity index is 2.42. The Morgan fingerprint density at radius 2 is 1.75 bits per heavy atom. The number of amides is 1. The van der Waals surface area contributed by atoms with Crippen LogP contribution in [-0.4, -0.2) is 24.4 Å². The first-order valence-corrected chi connectivity index (χ1v) is 4.42. The molecule has 6 heteroatoms. The lowest BCUT2D eigenvalue weighted by molar-refractivity contribution is -0.129. The average Bonchev–Trinajstić information content (AvgIpc) is 2.43. The van der Waals surface area contributed by atoms with Gasteiger partial charge >= 0.3 is 6.18 Å². The molecule has 1 amide bonds. The van der Waals surface area contributed by atoms with E-state index in [0.717, 1.165) is 0 Å². The minimum absolute atomic E-state index is 0.0230. The molecule has 3 nitrogen and oxygen atoms in total. The van der Waals surface area contributed by atoms with Crippen LogP contribution < -0.4 is 4.90 Å². The normalized spacial score (nSPS) is 15.6. The maximum absolute atomic E-state index is 12.2. The number of alkyl halides is 3. The topological polar surface area (TPSA) is 37.4 Å². The van der Waals surface area contributed by atoms with Crippen LogP contribution in [-0.2, 0) is 4.79 Å². The molecule has 0 unspecified atom stereocenters. The molecule has 1 aromatic rings. The molecule has 0 N–H and O–H groups in total. The van der Waals surface area contributed by atoms with Crippen LogP contribution >= 0.6 is 0 Å². The molecular weight excluding hydrogens is 223 g/mol. The van der Waals surface area contributed by atoms with Gasteiger partial charge in [0.15, 0.2) is 0 Å². The number of carbonyl (C=O) groups is 2. The lowest BCUT2D eigenvalue weighted by atomic mass is 10.1. The van der Waals surface area contributed by atoms with E-state index in [1.54, 1.807) is 0 Å². The predicted octanol–water partition coefficient (Wildman–Crippen LogP) is 1.78. The largest absolute Gasteiger partial charge is 0.406 e. The predicted molar refractivity (Wildman–Crippen MR) is 49.2 cm³/mol. The molecule has 1 aliphatic rings. The average molecular weight is 229 g/mol. The second kappa shape index (κ2) is 3.33. The number of para-hydroxylation sites is 1. The molecule has 1 aliphatic heterocycles. The summed E-state index contributed by atoms with van der Waals surface area (Å²) in [6.45, 7) is -1.44. The SMILES string of the molecule is O=C1C(=O)N(CC(F)(F)F)c2ccccc21. The molecule has 0 aliphatic carbocycles. The van der Waals surface area contributed by atoms with Crippen LogP contribution in [0, 0.1) is 0 Å². The number of hydrogen-bond donors (Lipinski definition) is 0. The maximum atomic E-state index is 12.2. The summed E-state index contributed by atoms with van der Waals surface area (Å²) in [5, 5.41) is 0. The van der Waals surface area contributed by atoms with Gasteiger partial charge in [0.05, 0.1) is 11.3 Å². The quantitative estimate of drug-likeness (QED) is 0.688. The van der Waals surface area contributed by atoms with Gasteiger partial charge in [0.2, 0.25) is 0 Å². The highest BCUT2D eigenvalue weighted by atomic mass is 19.4. The first-order chi connectivity index (χ1) is 7.40. The number of rotatable bonds is 1. The third kappa shape index (κ3) is 1.66. The molecule has 0 radical (unpaired) electrons. The molecule has 0 spiro atoms. The van der Waals surface area contributed by atoms with Crippen molar-refractivity contribution in [1.82, 2.24) is 0 Å². The van der Waals surface area contributed by atoms with Gasteiger partial charge in [0.1, 0.15) is 6.54 Å². The molecule has 16 heavy (non-hydrogen) atoms. The van der Waals surface area contributed by atoms with Gasteiger partial charge in [0.25, 0.3) is 11.7 Å². The minimum Gasteiger partial charge on any atom is -0.296 e. The third-order valence-corrected chi connectivity index (χ3v) is 2.22. The van der Waals surface area contributed by atoms with Gasteiger partial charge in [-0.15, -0.1) is 0 Å². The summed E-state index contributed by atoms with van der Waals surface area (Å²) in [6, 6.07) is 5.64. The molecular formula is C10H6F3NO2. The van der Waals surface area contributed by atoms with Crippen molar-refractivity contribution in [3.63, 3.8) is 0 Å². The van der Waals surface area contributed by atoms with Crippen molar-refractivity contribution in [2.45, 2.75) is 6.18 Å². The molecule has 0 aromatic heterocycles. The summed E-state index contributed by atoms with van der Waals surface area (Å²) in [5.74, 6) is -2.02. The lowest BCUT2D eigenvalue weighted by Crippen LogP contribution is -2.38. The van der Waals surface area contributed by atoms with Crippen LogP contribution in [0.3, 0.4) is 0 Å². The molecule has 0 saturated carbocycles. The molecule has 1 aromatic carbocycles. The van der Waals surface area contributed by atoms with E-state index in [1.165, 1.54) is 24.3 Å². The van der Waals surface area contributed by atoms with Crippen molar-refractivity contribution in [2.24, 2.45) is 0 Å². The first-order valence-electron chi connectivity index (χ1n) is 4.42. The number of ketones is 1. The second-order valence-corrected chi connectivity index (χ2v) is 3.35. The van der Waals surface area contributed by atoms with Gasteiger partial charge in [-0.25, -0.2) is 0 Å². The Labute approximate surface area is 88.5 Å². The fourth-order valence-corrected chi connectivity index (χ4v) is 1.58. The Hall–Kier alpha value is -1.85. The van der Waals surface area contributed by atoms with Gasteiger partial charge in [0, 0.05) is 0 Å². The van der Waals surface area contributed by atoms with Crippen LogP contribution in [0.15, 0.2) is 24.3 Å². The zero-order chi connectivity index (χ0) is 11.9. The van der Waals surface area contributed by atoms with Crippen molar-refractivity contribution >= 4 is 17.4 Å². The molecule has 1 heterocycles. The van der Waals surface area contributed by atoms with Crippen molar-refractivity contribution < 1.29 is 22.8 Å². The van der Waals surface area contributed by atoms with Crippen LogP contribution in [0.1, 0.15) is 10.4 Å². The number of halogens is 3. The fourth-order valence-electron chi connectivity index (χ4n) is 1.58. The first kappa shape index (κ1) is 10.7. The molecule has 0 saturated heterocycles. The minimum atomic E-state index is -4.52. The van der Waals surface area contributed by atoms with E-state index in [0.29, 0.717) is 4.90 Å². The molecule has 0 fully saturated rings. The third-order valence-electron chi connectivity index (χ3n) is 2.22. The standard InChI is InChI=1S/C10H6F3NO2/c11-10(12,13)5-14-7-4-2-1-3-6(7)8(15)9(14)16/h1-4H,5H2. The number of benzene rings is 1. The summed E-state index contributed by atoms with van der Waals surface area (Å²) < 4.78 is 36.6. The summed E-state index contributed by atoms with van der Waals surface area (Å²) in [5.41, 5.74) is 0.0478. The van der Waals surface area contributed by atoms with Gasteiger partial charge in [-0.05, 0) is 12.1 Å². The highest BCUT2D eigenvalue weighted by molar-refractivity contribution is 6.52. The van der Waals surface area contributed by atoms with E-state index in [1.807, 2.05) is 0 Å². The van der Waals surface area contributed by atoms with E-state index in [2.05, 4.69) is 0 Å². The van der Waals surface area contributed by atoms with Crippen LogP contribution in [0.2, 0.25) is 0 Å². The Morgan fingerprint density at radius 1 is 1.12 bits per heavy atom. The van der Waals surface area contributed by atoms with Gasteiger partial charge in [-0.1, -0.05) is 12.1 Å². The number of fused-ring (bicyclic) bond motifs is 1. The molecule has 2 rings (SSSR count). The van der Waals surface area contributed by atoms with Crippen molar-refractivity contribution in [3.8, 4) is 0 Å². The van der Waals surface area contributed by atoms with Gasteiger partial charge < -0.3 is 0 Å². The van der Waals surface area contributed by atoms with E-state index < -0.39 is 24.4 Å². The Bertz CT molecular complexity index is 467. The summed E-state index contributed by atoms with van der Waals surface area (Å²) >= 11 is 0. The van der Waals surface area contributed by atoms with E-state index in [4.69, 9.17) is 0 Å². The lowest BCUT2D eigenvalue weighted by Gasteiger charge is -2.17. The number of nitrogens with zero attached hydrogens (tertiary/aromatic N) is 1. The van der Waals surface area contributed by atoms with Crippen molar-refractivity contribution in [1.29, 1.82) is 0 Å². The van der Waals surface area contributed by atoms with E-state index in [-0.39, 0.29) is 11.3 Å². The second-order valence-electron chi connectivity index (χ2n) is 3.35. The monoisotopic (exact) mass is 229 g/mol. The summed E-state index contributed by atoms with van der Waals surface area (Å²) in [7, 11) is 0.